The Morgan fingerprint density at radius 1 is 1.28 bits per heavy atom. The molecule has 1 N–H and O–H groups in total. The van der Waals surface area contributed by atoms with E-state index in [-0.39, 0.29) is 5.91 Å². The van der Waals surface area contributed by atoms with E-state index in [9.17, 15) is 4.79 Å². The van der Waals surface area contributed by atoms with E-state index in [1.54, 1.807) is 0 Å². The first-order valence-electron chi connectivity index (χ1n) is 7.64. The van der Waals surface area contributed by atoms with Crippen LogP contribution >= 0.6 is 0 Å². The molecule has 18 heavy (non-hydrogen) atoms. The monoisotopic (exact) mass is 249 g/mol. The Morgan fingerprint density at radius 3 is 2.83 bits per heavy atom. The summed E-state index contributed by atoms with van der Waals surface area (Å²) in [7, 11) is 0. The van der Waals surface area contributed by atoms with Gasteiger partial charge in [-0.1, -0.05) is 38.3 Å². The summed E-state index contributed by atoms with van der Waals surface area (Å²) in [5.74, 6) is 1.62. The van der Waals surface area contributed by atoms with E-state index in [1.807, 2.05) is 0 Å². The summed E-state index contributed by atoms with van der Waals surface area (Å²) in [6.45, 7) is 4.60. The molecule has 1 saturated carbocycles. The number of hydrogen-bond acceptors (Lipinski definition) is 1. The van der Waals surface area contributed by atoms with Crippen molar-refractivity contribution in [3.8, 4) is 0 Å². The maximum absolute atomic E-state index is 12.1. The molecule has 0 radical (unpaired) electrons. The van der Waals surface area contributed by atoms with Gasteiger partial charge in [0.1, 0.15) is 0 Å². The minimum atomic E-state index is 0.245. The van der Waals surface area contributed by atoms with Crippen molar-refractivity contribution in [2.24, 2.45) is 11.8 Å². The zero-order valence-electron chi connectivity index (χ0n) is 11.9. The molecule has 2 nitrogen and oxygen atoms in total. The zero-order chi connectivity index (χ0) is 13.0. The third-order valence-corrected chi connectivity index (χ3v) is 4.83. The topological polar surface area (TPSA) is 29.1 Å². The Morgan fingerprint density at radius 2 is 2.11 bits per heavy atom. The average Bonchev–Trinajstić information content (AvgIpc) is 2.36. The average molecular weight is 249 g/mol. The molecule has 2 aliphatic rings. The van der Waals surface area contributed by atoms with Crippen molar-refractivity contribution in [1.29, 1.82) is 0 Å². The van der Waals surface area contributed by atoms with E-state index >= 15 is 0 Å². The van der Waals surface area contributed by atoms with Gasteiger partial charge in [-0.2, -0.15) is 0 Å². The van der Waals surface area contributed by atoms with Crippen molar-refractivity contribution in [2.75, 3.05) is 0 Å². The number of carbonyl (C=O) groups excluding carboxylic acids is 1. The smallest absolute Gasteiger partial charge is 0.224 e. The van der Waals surface area contributed by atoms with Crippen molar-refractivity contribution < 1.29 is 4.79 Å². The van der Waals surface area contributed by atoms with Gasteiger partial charge in [-0.25, -0.2) is 0 Å². The molecule has 3 atom stereocenters. The van der Waals surface area contributed by atoms with Gasteiger partial charge in [0.25, 0.3) is 0 Å². The maximum Gasteiger partial charge on any atom is 0.224 e. The molecule has 0 aliphatic heterocycles. The zero-order valence-corrected chi connectivity index (χ0v) is 11.9. The largest absolute Gasteiger partial charge is 0.353 e. The Hall–Kier alpha value is -0.790. The molecule has 0 bridgehead atoms. The normalized spacial score (nSPS) is 32.8. The Balaban J connectivity index is 1.81. The third-order valence-electron chi connectivity index (χ3n) is 4.83. The van der Waals surface area contributed by atoms with Crippen LogP contribution in [0.5, 0.6) is 0 Å². The first kappa shape index (κ1) is 13.6. The van der Waals surface area contributed by atoms with Gasteiger partial charge in [0.2, 0.25) is 5.91 Å². The molecule has 2 rings (SSSR count). The van der Waals surface area contributed by atoms with E-state index in [0.717, 1.165) is 18.8 Å². The van der Waals surface area contributed by atoms with Crippen LogP contribution in [0.1, 0.15) is 65.2 Å². The SMILES string of the molecule is C[C@H]1[C@H](C)CCC[C@@H]1NC(=O)CC1=CCCCC1. The van der Waals surface area contributed by atoms with Crippen molar-refractivity contribution in [2.45, 2.75) is 71.3 Å². The van der Waals surface area contributed by atoms with E-state index in [1.165, 1.54) is 37.7 Å². The number of hydrogen-bond donors (Lipinski definition) is 1. The summed E-state index contributed by atoms with van der Waals surface area (Å²) in [5.41, 5.74) is 1.36. The quantitative estimate of drug-likeness (QED) is 0.757. The van der Waals surface area contributed by atoms with Crippen LogP contribution in [0.15, 0.2) is 11.6 Å². The van der Waals surface area contributed by atoms with Gasteiger partial charge < -0.3 is 5.32 Å². The number of amides is 1. The van der Waals surface area contributed by atoms with Gasteiger partial charge in [0, 0.05) is 12.5 Å². The Kier molecular flexibility index (Phi) is 4.85. The molecule has 0 saturated heterocycles. The molecule has 102 valence electrons. The minimum absolute atomic E-state index is 0.245. The molecule has 1 fully saturated rings. The van der Waals surface area contributed by atoms with Crippen LogP contribution in [-0.4, -0.2) is 11.9 Å². The maximum atomic E-state index is 12.1. The molecule has 0 heterocycles. The number of rotatable bonds is 3. The molecule has 2 heteroatoms. The molecular weight excluding hydrogens is 222 g/mol. The fourth-order valence-corrected chi connectivity index (χ4v) is 3.31. The molecule has 0 unspecified atom stereocenters. The van der Waals surface area contributed by atoms with Crippen LogP contribution in [0.3, 0.4) is 0 Å². The second kappa shape index (κ2) is 6.40. The highest BCUT2D eigenvalue weighted by Gasteiger charge is 2.28. The predicted octanol–water partition coefficient (Wildman–Crippen LogP) is 3.82. The Bertz CT molecular complexity index is 321. The van der Waals surface area contributed by atoms with Gasteiger partial charge in [0.05, 0.1) is 0 Å². The summed E-state index contributed by atoms with van der Waals surface area (Å²) in [5, 5.41) is 3.27. The first-order chi connectivity index (χ1) is 8.66. The summed E-state index contributed by atoms with van der Waals surface area (Å²) < 4.78 is 0. The molecule has 0 aromatic rings. The molecular formula is C16H27NO. The first-order valence-corrected chi connectivity index (χ1v) is 7.64. The lowest BCUT2D eigenvalue weighted by Gasteiger charge is -2.34. The second-order valence-corrected chi connectivity index (χ2v) is 6.23. The lowest BCUT2D eigenvalue weighted by Crippen LogP contribution is -2.43. The standard InChI is InChI=1S/C16H27NO/c1-12-7-6-10-15(13(12)2)17-16(18)11-14-8-4-3-5-9-14/h8,12-13,15H,3-7,9-11H2,1-2H3,(H,17,18)/t12-,13+,15+/m1/s1. The van der Waals surface area contributed by atoms with Crippen molar-refractivity contribution in [3.05, 3.63) is 11.6 Å². The number of nitrogens with one attached hydrogen (secondary N) is 1. The van der Waals surface area contributed by atoms with E-state index in [4.69, 9.17) is 0 Å². The summed E-state index contributed by atoms with van der Waals surface area (Å²) in [4.78, 5) is 12.1. The number of allylic oxidation sites excluding steroid dienone is 1. The molecule has 2 aliphatic carbocycles. The Labute approximate surface area is 111 Å². The summed E-state index contributed by atoms with van der Waals surface area (Å²) in [6, 6.07) is 0.408. The fraction of sp³-hybridized carbons (Fsp3) is 0.812. The van der Waals surface area contributed by atoms with E-state index in [0.29, 0.717) is 18.4 Å². The summed E-state index contributed by atoms with van der Waals surface area (Å²) >= 11 is 0. The molecule has 1 amide bonds. The van der Waals surface area contributed by atoms with Gasteiger partial charge in [-0.3, -0.25) is 4.79 Å². The third kappa shape index (κ3) is 3.60. The van der Waals surface area contributed by atoms with Gasteiger partial charge in [-0.05, 0) is 43.9 Å². The van der Waals surface area contributed by atoms with Crippen LogP contribution in [-0.2, 0) is 4.79 Å². The highest BCUT2D eigenvalue weighted by molar-refractivity contribution is 5.78. The lowest BCUT2D eigenvalue weighted by atomic mass is 9.78. The highest BCUT2D eigenvalue weighted by Crippen LogP contribution is 2.29. The van der Waals surface area contributed by atoms with E-state index in [2.05, 4.69) is 25.2 Å². The lowest BCUT2D eigenvalue weighted by molar-refractivity contribution is -0.121. The van der Waals surface area contributed by atoms with Crippen molar-refractivity contribution >= 4 is 5.91 Å². The van der Waals surface area contributed by atoms with Crippen LogP contribution in [0.25, 0.3) is 0 Å². The van der Waals surface area contributed by atoms with Crippen LogP contribution in [0, 0.1) is 11.8 Å². The van der Waals surface area contributed by atoms with Crippen molar-refractivity contribution in [3.63, 3.8) is 0 Å². The van der Waals surface area contributed by atoms with Crippen molar-refractivity contribution in [1.82, 2.24) is 5.32 Å². The number of carbonyl (C=O) groups is 1. The molecule has 0 aromatic carbocycles. The molecule has 0 aromatic heterocycles. The van der Waals surface area contributed by atoms with Crippen LogP contribution in [0.2, 0.25) is 0 Å². The fourth-order valence-electron chi connectivity index (χ4n) is 3.31. The van der Waals surface area contributed by atoms with Crippen LogP contribution < -0.4 is 5.32 Å². The minimum Gasteiger partial charge on any atom is -0.353 e. The van der Waals surface area contributed by atoms with Gasteiger partial charge in [0.15, 0.2) is 0 Å². The highest BCUT2D eigenvalue weighted by atomic mass is 16.1. The predicted molar refractivity (Wildman–Crippen MR) is 75.3 cm³/mol. The second-order valence-electron chi connectivity index (χ2n) is 6.23. The van der Waals surface area contributed by atoms with E-state index < -0.39 is 0 Å². The molecule has 0 spiro atoms. The summed E-state index contributed by atoms with van der Waals surface area (Å²) in [6.07, 6.45) is 11.5. The van der Waals surface area contributed by atoms with Crippen LogP contribution in [0.4, 0.5) is 0 Å². The van der Waals surface area contributed by atoms with Gasteiger partial charge >= 0.3 is 0 Å². The van der Waals surface area contributed by atoms with Gasteiger partial charge in [-0.15, -0.1) is 0 Å².